The second kappa shape index (κ2) is 5.89. The molecule has 0 spiro atoms. The van der Waals surface area contributed by atoms with Crippen molar-refractivity contribution in [1.29, 1.82) is 0 Å². The lowest BCUT2D eigenvalue weighted by Crippen LogP contribution is -2.45. The van der Waals surface area contributed by atoms with Crippen LogP contribution >= 0.6 is 11.6 Å². The van der Waals surface area contributed by atoms with Crippen LogP contribution in [0.2, 0.25) is 5.02 Å². The lowest BCUT2D eigenvalue weighted by Gasteiger charge is -2.40. The molecule has 6 heteroatoms. The average molecular weight is 339 g/mol. The van der Waals surface area contributed by atoms with Crippen molar-refractivity contribution in [3.05, 3.63) is 40.4 Å². The standard InChI is InChI=1S/C17H19ClO5/c1-10-7-16(2,14(19)20)9-17(8-10,15(21)22)12-5-4-11(23-3)6-13(12)18/h4-6,8H,7,9H2,1-3H3,(H,19,20)(H,21,22). The molecule has 0 aliphatic heterocycles. The van der Waals surface area contributed by atoms with E-state index in [1.807, 2.05) is 0 Å². The maximum absolute atomic E-state index is 12.1. The molecule has 0 aromatic heterocycles. The van der Waals surface area contributed by atoms with Crippen molar-refractivity contribution in [2.45, 2.75) is 32.1 Å². The topological polar surface area (TPSA) is 83.8 Å². The van der Waals surface area contributed by atoms with E-state index in [2.05, 4.69) is 0 Å². The van der Waals surface area contributed by atoms with Crippen LogP contribution in [0.4, 0.5) is 0 Å². The fourth-order valence-corrected chi connectivity index (χ4v) is 3.72. The number of methoxy groups -OCH3 is 1. The second-order valence-corrected chi connectivity index (χ2v) is 6.74. The Kier molecular flexibility index (Phi) is 4.44. The zero-order valence-electron chi connectivity index (χ0n) is 13.2. The highest BCUT2D eigenvalue weighted by molar-refractivity contribution is 6.32. The Morgan fingerprint density at radius 1 is 1.26 bits per heavy atom. The lowest BCUT2D eigenvalue weighted by atomic mass is 9.61. The van der Waals surface area contributed by atoms with Gasteiger partial charge in [0.05, 0.1) is 12.5 Å². The molecular weight excluding hydrogens is 320 g/mol. The first kappa shape index (κ1) is 17.3. The predicted octanol–water partition coefficient (Wildman–Crippen LogP) is 3.50. The molecule has 0 radical (unpaired) electrons. The van der Waals surface area contributed by atoms with Gasteiger partial charge in [-0.1, -0.05) is 29.3 Å². The third-order valence-corrected chi connectivity index (χ3v) is 4.70. The van der Waals surface area contributed by atoms with Crippen molar-refractivity contribution >= 4 is 23.5 Å². The summed E-state index contributed by atoms with van der Waals surface area (Å²) in [6.07, 6.45) is 1.87. The summed E-state index contributed by atoms with van der Waals surface area (Å²) in [5.74, 6) is -1.62. The van der Waals surface area contributed by atoms with Crippen LogP contribution in [0.3, 0.4) is 0 Å². The van der Waals surface area contributed by atoms with Crippen LogP contribution in [0.5, 0.6) is 5.75 Å². The van der Waals surface area contributed by atoms with E-state index in [0.29, 0.717) is 17.7 Å². The summed E-state index contributed by atoms with van der Waals surface area (Å²) in [5.41, 5.74) is -1.55. The van der Waals surface area contributed by atoms with Crippen molar-refractivity contribution in [3.63, 3.8) is 0 Å². The highest BCUT2D eigenvalue weighted by atomic mass is 35.5. The highest BCUT2D eigenvalue weighted by Gasteiger charge is 2.51. The lowest BCUT2D eigenvalue weighted by molar-refractivity contribution is -0.152. The van der Waals surface area contributed by atoms with Gasteiger partial charge < -0.3 is 14.9 Å². The number of carbonyl (C=O) groups is 2. The van der Waals surface area contributed by atoms with E-state index in [1.54, 1.807) is 32.1 Å². The number of ether oxygens (including phenoxy) is 1. The van der Waals surface area contributed by atoms with Crippen molar-refractivity contribution in [2.24, 2.45) is 5.41 Å². The quantitative estimate of drug-likeness (QED) is 0.821. The molecule has 0 bridgehead atoms. The average Bonchev–Trinajstić information content (AvgIpc) is 2.45. The van der Waals surface area contributed by atoms with Gasteiger partial charge in [0.25, 0.3) is 0 Å². The molecule has 0 amide bonds. The van der Waals surface area contributed by atoms with E-state index >= 15 is 0 Å². The van der Waals surface area contributed by atoms with Crippen LogP contribution in [0.25, 0.3) is 0 Å². The Balaban J connectivity index is 2.67. The fraction of sp³-hybridized carbons (Fsp3) is 0.412. The van der Waals surface area contributed by atoms with E-state index in [9.17, 15) is 19.8 Å². The van der Waals surface area contributed by atoms with Gasteiger partial charge in [-0.15, -0.1) is 0 Å². The first-order valence-electron chi connectivity index (χ1n) is 7.14. The molecule has 23 heavy (non-hydrogen) atoms. The summed E-state index contributed by atoms with van der Waals surface area (Å²) in [7, 11) is 1.49. The summed E-state index contributed by atoms with van der Waals surface area (Å²) in [4.78, 5) is 23.8. The molecule has 1 aromatic rings. The first-order valence-corrected chi connectivity index (χ1v) is 7.51. The molecule has 5 nitrogen and oxygen atoms in total. The number of carboxylic acids is 2. The van der Waals surface area contributed by atoms with Crippen LogP contribution in [0.15, 0.2) is 29.8 Å². The molecule has 124 valence electrons. The van der Waals surface area contributed by atoms with Gasteiger partial charge in [0.15, 0.2) is 0 Å². The highest BCUT2D eigenvalue weighted by Crippen LogP contribution is 2.49. The van der Waals surface area contributed by atoms with E-state index in [0.717, 1.165) is 5.57 Å². The zero-order valence-corrected chi connectivity index (χ0v) is 14.0. The minimum absolute atomic E-state index is 0.0615. The van der Waals surface area contributed by atoms with Gasteiger partial charge in [-0.05, 0) is 44.4 Å². The SMILES string of the molecule is COc1ccc(C2(C(=O)O)C=C(C)CC(C)(C(=O)O)C2)c(Cl)c1. The van der Waals surface area contributed by atoms with Gasteiger partial charge in [0.1, 0.15) is 11.2 Å². The summed E-state index contributed by atoms with van der Waals surface area (Å²) < 4.78 is 5.09. The first-order chi connectivity index (χ1) is 10.6. The maximum atomic E-state index is 12.1. The molecule has 1 aliphatic carbocycles. The smallest absolute Gasteiger partial charge is 0.318 e. The number of aliphatic carboxylic acids is 2. The Morgan fingerprint density at radius 2 is 1.91 bits per heavy atom. The summed E-state index contributed by atoms with van der Waals surface area (Å²) in [6, 6.07) is 4.76. The normalized spacial score (nSPS) is 27.2. The summed E-state index contributed by atoms with van der Waals surface area (Å²) in [5, 5.41) is 19.7. The maximum Gasteiger partial charge on any atom is 0.318 e. The number of benzene rings is 1. The number of allylic oxidation sites excluding steroid dienone is 1. The number of hydrogen-bond donors (Lipinski definition) is 2. The number of carboxylic acid groups (broad SMARTS) is 2. The Bertz CT molecular complexity index is 696. The van der Waals surface area contributed by atoms with Gasteiger partial charge in [-0.2, -0.15) is 0 Å². The van der Waals surface area contributed by atoms with Crippen molar-refractivity contribution in [2.75, 3.05) is 7.11 Å². The minimum Gasteiger partial charge on any atom is -0.497 e. The van der Waals surface area contributed by atoms with Crippen LogP contribution in [0, 0.1) is 5.41 Å². The predicted molar refractivity (Wildman–Crippen MR) is 86.1 cm³/mol. The summed E-state index contributed by atoms with van der Waals surface area (Å²) in [6.45, 7) is 3.32. The number of halogens is 1. The summed E-state index contributed by atoms with van der Waals surface area (Å²) >= 11 is 6.28. The number of rotatable bonds is 4. The van der Waals surface area contributed by atoms with Crippen molar-refractivity contribution in [1.82, 2.24) is 0 Å². The van der Waals surface area contributed by atoms with Gasteiger partial charge >= 0.3 is 11.9 Å². The van der Waals surface area contributed by atoms with Crippen LogP contribution < -0.4 is 4.74 Å². The molecule has 2 rings (SSSR count). The van der Waals surface area contributed by atoms with Gasteiger partial charge in [-0.25, -0.2) is 0 Å². The fourth-order valence-electron chi connectivity index (χ4n) is 3.38. The monoisotopic (exact) mass is 338 g/mol. The molecule has 0 saturated heterocycles. The van der Waals surface area contributed by atoms with E-state index in [4.69, 9.17) is 16.3 Å². The van der Waals surface area contributed by atoms with Crippen LogP contribution in [-0.4, -0.2) is 29.3 Å². The molecule has 0 heterocycles. The molecule has 2 unspecified atom stereocenters. The number of hydrogen-bond acceptors (Lipinski definition) is 3. The minimum atomic E-state index is -1.47. The van der Waals surface area contributed by atoms with Crippen LogP contribution in [0.1, 0.15) is 32.3 Å². The molecule has 0 fully saturated rings. The third kappa shape index (κ3) is 2.93. The Hall–Kier alpha value is -2.01. The molecular formula is C17H19ClO5. The van der Waals surface area contributed by atoms with Gasteiger partial charge in [0.2, 0.25) is 0 Å². The van der Waals surface area contributed by atoms with Gasteiger partial charge in [-0.3, -0.25) is 9.59 Å². The zero-order chi connectivity index (χ0) is 17.4. The van der Waals surface area contributed by atoms with E-state index in [-0.39, 0.29) is 11.4 Å². The largest absolute Gasteiger partial charge is 0.497 e. The van der Waals surface area contributed by atoms with E-state index < -0.39 is 22.8 Å². The molecule has 2 atom stereocenters. The van der Waals surface area contributed by atoms with Crippen LogP contribution in [-0.2, 0) is 15.0 Å². The van der Waals surface area contributed by atoms with Gasteiger partial charge in [0, 0.05) is 5.02 Å². The second-order valence-electron chi connectivity index (χ2n) is 6.33. The van der Waals surface area contributed by atoms with Crippen molar-refractivity contribution in [3.8, 4) is 5.75 Å². The Labute approximate surface area is 139 Å². The van der Waals surface area contributed by atoms with E-state index in [1.165, 1.54) is 13.2 Å². The molecule has 1 aromatic carbocycles. The van der Waals surface area contributed by atoms with Crippen molar-refractivity contribution < 1.29 is 24.5 Å². The molecule has 2 N–H and O–H groups in total. The Morgan fingerprint density at radius 3 is 2.39 bits per heavy atom. The third-order valence-electron chi connectivity index (χ3n) is 4.39. The molecule has 0 saturated carbocycles. The molecule has 1 aliphatic rings.